The van der Waals surface area contributed by atoms with E-state index in [0.29, 0.717) is 0 Å². The van der Waals surface area contributed by atoms with Crippen molar-refractivity contribution in [3.63, 3.8) is 0 Å². The molecule has 1 aromatic carbocycles. The number of non-ortho nitro benzene ring substituents is 1. The largest absolute Gasteiger partial charge is 0.309 e. The summed E-state index contributed by atoms with van der Waals surface area (Å²) < 4.78 is 0. The Morgan fingerprint density at radius 3 is 2.82 bits per heavy atom. The van der Waals surface area contributed by atoms with Crippen LogP contribution in [0.3, 0.4) is 0 Å². The predicted molar refractivity (Wildman–Crippen MR) is 64.0 cm³/mol. The fourth-order valence-electron chi connectivity index (χ4n) is 2.11. The molecule has 0 aliphatic carbocycles. The van der Waals surface area contributed by atoms with Gasteiger partial charge in [0.25, 0.3) is 5.69 Å². The molecular formula is C12H14N2O3. The van der Waals surface area contributed by atoms with Gasteiger partial charge in [-0.25, -0.2) is 0 Å². The summed E-state index contributed by atoms with van der Waals surface area (Å²) in [5.41, 5.74) is 1.61. The number of carbonyl (C=O) groups is 1. The summed E-state index contributed by atoms with van der Waals surface area (Å²) in [6.45, 7) is 4.00. The van der Waals surface area contributed by atoms with E-state index in [1.165, 1.54) is 12.1 Å². The molecule has 1 unspecified atom stereocenters. The molecule has 90 valence electrons. The molecule has 0 bridgehead atoms. The minimum Gasteiger partial charge on any atom is -0.309 e. The number of fused-ring (bicyclic) bond motifs is 1. The minimum atomic E-state index is -0.434. The first-order chi connectivity index (χ1) is 8.04. The average Bonchev–Trinajstić information content (AvgIpc) is 2.62. The SMILES string of the molecule is CCC(C)N1C(=O)Cc2cc([N+](=O)[O-])ccc21. The minimum absolute atomic E-state index is 0.0230. The third-order valence-corrected chi connectivity index (χ3v) is 3.18. The van der Waals surface area contributed by atoms with E-state index in [-0.39, 0.29) is 24.1 Å². The summed E-state index contributed by atoms with van der Waals surface area (Å²) in [5, 5.41) is 10.7. The van der Waals surface area contributed by atoms with Crippen LogP contribution < -0.4 is 4.90 Å². The first-order valence-electron chi connectivity index (χ1n) is 5.64. The van der Waals surface area contributed by atoms with Gasteiger partial charge in [0.2, 0.25) is 5.91 Å². The van der Waals surface area contributed by atoms with E-state index < -0.39 is 4.92 Å². The van der Waals surface area contributed by atoms with Crippen molar-refractivity contribution in [2.75, 3.05) is 4.90 Å². The molecule has 0 saturated carbocycles. The quantitative estimate of drug-likeness (QED) is 0.595. The van der Waals surface area contributed by atoms with E-state index in [0.717, 1.165) is 17.7 Å². The van der Waals surface area contributed by atoms with Crippen LogP contribution >= 0.6 is 0 Å². The van der Waals surface area contributed by atoms with Gasteiger partial charge in [-0.2, -0.15) is 0 Å². The number of carbonyl (C=O) groups excluding carboxylic acids is 1. The maximum absolute atomic E-state index is 11.9. The second kappa shape index (κ2) is 4.16. The lowest BCUT2D eigenvalue weighted by molar-refractivity contribution is -0.384. The topological polar surface area (TPSA) is 63.5 Å². The van der Waals surface area contributed by atoms with Gasteiger partial charge in [0, 0.05) is 23.9 Å². The van der Waals surface area contributed by atoms with Crippen LogP contribution in [0.25, 0.3) is 0 Å². The highest BCUT2D eigenvalue weighted by Crippen LogP contribution is 2.33. The molecule has 1 aliphatic rings. The van der Waals surface area contributed by atoms with Crippen molar-refractivity contribution in [1.82, 2.24) is 0 Å². The van der Waals surface area contributed by atoms with Crippen molar-refractivity contribution in [1.29, 1.82) is 0 Å². The summed E-state index contributed by atoms with van der Waals surface area (Å²) in [4.78, 5) is 23.8. The van der Waals surface area contributed by atoms with Crippen molar-refractivity contribution < 1.29 is 9.72 Å². The lowest BCUT2D eigenvalue weighted by Crippen LogP contribution is -2.35. The normalized spacial score (nSPS) is 15.9. The van der Waals surface area contributed by atoms with Crippen molar-refractivity contribution in [3.05, 3.63) is 33.9 Å². The van der Waals surface area contributed by atoms with E-state index >= 15 is 0 Å². The van der Waals surface area contributed by atoms with E-state index in [4.69, 9.17) is 0 Å². The van der Waals surface area contributed by atoms with Crippen molar-refractivity contribution in [2.24, 2.45) is 0 Å². The molecule has 1 aliphatic heterocycles. The van der Waals surface area contributed by atoms with Gasteiger partial charge in [0.15, 0.2) is 0 Å². The maximum Gasteiger partial charge on any atom is 0.269 e. The van der Waals surface area contributed by atoms with Gasteiger partial charge >= 0.3 is 0 Å². The first-order valence-corrected chi connectivity index (χ1v) is 5.64. The van der Waals surface area contributed by atoms with Crippen molar-refractivity contribution >= 4 is 17.3 Å². The van der Waals surface area contributed by atoms with Gasteiger partial charge in [-0.3, -0.25) is 14.9 Å². The molecule has 0 saturated heterocycles. The zero-order chi connectivity index (χ0) is 12.6. The van der Waals surface area contributed by atoms with Gasteiger partial charge in [-0.05, 0) is 25.0 Å². The van der Waals surface area contributed by atoms with Crippen LogP contribution in [-0.4, -0.2) is 16.9 Å². The summed E-state index contributed by atoms with van der Waals surface area (Å²) in [7, 11) is 0. The molecule has 1 amide bonds. The average molecular weight is 234 g/mol. The number of nitro groups is 1. The Morgan fingerprint density at radius 1 is 1.53 bits per heavy atom. The summed E-state index contributed by atoms with van der Waals surface area (Å²) in [6, 6.07) is 4.75. The number of benzene rings is 1. The highest BCUT2D eigenvalue weighted by Gasteiger charge is 2.31. The Bertz CT molecular complexity index is 485. The fourth-order valence-corrected chi connectivity index (χ4v) is 2.11. The first kappa shape index (κ1) is 11.6. The molecule has 0 fully saturated rings. The predicted octanol–water partition coefficient (Wildman–Crippen LogP) is 2.28. The number of hydrogen-bond acceptors (Lipinski definition) is 3. The van der Waals surface area contributed by atoms with Crippen LogP contribution in [-0.2, 0) is 11.2 Å². The highest BCUT2D eigenvalue weighted by atomic mass is 16.6. The van der Waals surface area contributed by atoms with Gasteiger partial charge in [0.1, 0.15) is 0 Å². The third-order valence-electron chi connectivity index (χ3n) is 3.18. The smallest absolute Gasteiger partial charge is 0.269 e. The molecule has 0 spiro atoms. The number of rotatable bonds is 3. The molecule has 1 aromatic rings. The van der Waals surface area contributed by atoms with Crippen LogP contribution in [0.15, 0.2) is 18.2 Å². The molecular weight excluding hydrogens is 220 g/mol. The Kier molecular flexibility index (Phi) is 2.83. The Balaban J connectivity index is 2.42. The second-order valence-electron chi connectivity index (χ2n) is 4.27. The van der Waals surface area contributed by atoms with Crippen LogP contribution in [0.2, 0.25) is 0 Å². The van der Waals surface area contributed by atoms with E-state index in [1.807, 2.05) is 13.8 Å². The zero-order valence-electron chi connectivity index (χ0n) is 9.84. The lowest BCUT2D eigenvalue weighted by Gasteiger charge is -2.24. The number of anilines is 1. The van der Waals surface area contributed by atoms with Crippen molar-refractivity contribution in [3.8, 4) is 0 Å². The standard InChI is InChI=1S/C12H14N2O3/c1-3-8(2)13-11-5-4-10(14(16)17)6-9(11)7-12(13)15/h4-6,8H,3,7H2,1-2H3. The highest BCUT2D eigenvalue weighted by molar-refractivity contribution is 6.02. The Hall–Kier alpha value is -1.91. The monoisotopic (exact) mass is 234 g/mol. The molecule has 0 aromatic heterocycles. The number of nitrogens with zero attached hydrogens (tertiary/aromatic N) is 2. The third kappa shape index (κ3) is 1.88. The van der Waals surface area contributed by atoms with Crippen LogP contribution in [0, 0.1) is 10.1 Å². The van der Waals surface area contributed by atoms with Crippen LogP contribution in [0.5, 0.6) is 0 Å². The zero-order valence-corrected chi connectivity index (χ0v) is 9.84. The molecule has 17 heavy (non-hydrogen) atoms. The number of amides is 1. The molecule has 0 radical (unpaired) electrons. The van der Waals surface area contributed by atoms with Crippen LogP contribution in [0.4, 0.5) is 11.4 Å². The number of nitro benzene ring substituents is 1. The maximum atomic E-state index is 11.9. The van der Waals surface area contributed by atoms with Gasteiger partial charge in [0.05, 0.1) is 11.3 Å². The Morgan fingerprint density at radius 2 is 2.24 bits per heavy atom. The Labute approximate surface area is 99.2 Å². The molecule has 1 atom stereocenters. The van der Waals surface area contributed by atoms with E-state index in [9.17, 15) is 14.9 Å². The number of hydrogen-bond donors (Lipinski definition) is 0. The van der Waals surface area contributed by atoms with Crippen LogP contribution in [0.1, 0.15) is 25.8 Å². The van der Waals surface area contributed by atoms with E-state index in [1.54, 1.807) is 11.0 Å². The lowest BCUT2D eigenvalue weighted by atomic mass is 10.1. The molecule has 0 N–H and O–H groups in total. The molecule has 5 nitrogen and oxygen atoms in total. The van der Waals surface area contributed by atoms with E-state index in [2.05, 4.69) is 0 Å². The summed E-state index contributed by atoms with van der Waals surface area (Å²) in [5.74, 6) is 0.0230. The fraction of sp³-hybridized carbons (Fsp3) is 0.417. The molecule has 5 heteroatoms. The summed E-state index contributed by atoms with van der Waals surface area (Å²) >= 11 is 0. The molecule has 1 heterocycles. The molecule has 2 rings (SSSR count). The second-order valence-corrected chi connectivity index (χ2v) is 4.27. The van der Waals surface area contributed by atoms with Gasteiger partial charge < -0.3 is 4.90 Å². The van der Waals surface area contributed by atoms with Gasteiger partial charge in [-0.15, -0.1) is 0 Å². The van der Waals surface area contributed by atoms with Crippen molar-refractivity contribution in [2.45, 2.75) is 32.7 Å². The summed E-state index contributed by atoms with van der Waals surface area (Å²) in [6.07, 6.45) is 1.13. The van der Waals surface area contributed by atoms with Gasteiger partial charge in [-0.1, -0.05) is 6.92 Å².